The highest BCUT2D eigenvalue weighted by Gasteiger charge is 2.36. The van der Waals surface area contributed by atoms with Gasteiger partial charge in [-0.1, -0.05) is 60.3 Å². The van der Waals surface area contributed by atoms with Crippen LogP contribution in [0.2, 0.25) is 0 Å². The molecule has 1 amide bonds. The summed E-state index contributed by atoms with van der Waals surface area (Å²) in [6.45, 7) is 5.25. The Bertz CT molecular complexity index is 1090. The first-order chi connectivity index (χ1) is 15.3. The minimum Gasteiger partial charge on any atom is -0.339 e. The molecule has 0 saturated carbocycles. The van der Waals surface area contributed by atoms with Crippen molar-refractivity contribution in [2.45, 2.75) is 29.9 Å². The Morgan fingerprint density at radius 3 is 2.34 bits per heavy atom. The molecule has 5 nitrogen and oxygen atoms in total. The van der Waals surface area contributed by atoms with Gasteiger partial charge < -0.3 is 4.90 Å². The van der Waals surface area contributed by atoms with E-state index in [0.29, 0.717) is 18.5 Å². The number of para-hydroxylation sites is 1. The molecule has 0 unspecified atom stereocenters. The molecular weight excluding hydrogens is 437 g/mol. The predicted octanol–water partition coefficient (Wildman–Crippen LogP) is 4.47. The Labute approximate surface area is 188 Å². The van der Waals surface area contributed by atoms with Crippen LogP contribution < -0.4 is 0 Å². The number of amides is 1. The number of piperazine rings is 1. The van der Waals surface area contributed by atoms with Gasteiger partial charge in [-0.3, -0.25) is 9.69 Å². The molecule has 0 radical (unpaired) electrons. The van der Waals surface area contributed by atoms with E-state index in [1.807, 2.05) is 18.2 Å². The van der Waals surface area contributed by atoms with Crippen molar-refractivity contribution in [1.29, 1.82) is 0 Å². The normalized spacial score (nSPS) is 16.3. The van der Waals surface area contributed by atoms with Crippen LogP contribution in [-0.4, -0.2) is 57.1 Å². The fraction of sp³-hybridized carbons (Fsp3) is 0.348. The van der Waals surface area contributed by atoms with Crippen molar-refractivity contribution < 1.29 is 18.0 Å². The summed E-state index contributed by atoms with van der Waals surface area (Å²) in [7, 11) is 0. The van der Waals surface area contributed by atoms with Crippen LogP contribution in [0, 0.1) is 0 Å². The molecule has 4 rings (SSSR count). The molecule has 1 aliphatic heterocycles. The van der Waals surface area contributed by atoms with Crippen LogP contribution in [-0.2, 0) is 17.5 Å². The quantitative estimate of drug-likeness (QED) is 0.415. The van der Waals surface area contributed by atoms with E-state index in [9.17, 15) is 18.0 Å². The minimum atomic E-state index is -4.65. The Morgan fingerprint density at radius 1 is 1.00 bits per heavy atom. The maximum atomic E-state index is 13.3. The summed E-state index contributed by atoms with van der Waals surface area (Å²) in [6.07, 6.45) is -4.65. The molecule has 1 saturated heterocycles. The molecule has 168 valence electrons. The standard InChI is InChI=1S/C23H23F3N4OS/c1-16(21(31)30-13-11-29(12-14-30)15-17-7-3-2-4-8-17)32-20-18-9-5-6-10-19(18)27-22(28-20)23(24,25)26/h2-10,16H,11-15H2,1H3/t16-/m0/s1. The fourth-order valence-corrected chi connectivity index (χ4v) is 4.73. The number of carbonyl (C=O) groups is 1. The first kappa shape index (κ1) is 22.5. The third kappa shape index (κ3) is 5.21. The third-order valence-electron chi connectivity index (χ3n) is 5.39. The van der Waals surface area contributed by atoms with Gasteiger partial charge in [0.1, 0.15) is 5.03 Å². The summed E-state index contributed by atoms with van der Waals surface area (Å²) < 4.78 is 39.8. The molecule has 1 aromatic heterocycles. The number of benzene rings is 2. The molecule has 1 fully saturated rings. The monoisotopic (exact) mass is 460 g/mol. The van der Waals surface area contributed by atoms with Gasteiger partial charge in [0.25, 0.3) is 0 Å². The van der Waals surface area contributed by atoms with Gasteiger partial charge in [0.05, 0.1) is 10.8 Å². The molecule has 32 heavy (non-hydrogen) atoms. The van der Waals surface area contributed by atoms with Gasteiger partial charge in [-0.25, -0.2) is 9.97 Å². The van der Waals surface area contributed by atoms with Crippen molar-refractivity contribution in [2.75, 3.05) is 26.2 Å². The van der Waals surface area contributed by atoms with Gasteiger partial charge in [0, 0.05) is 38.1 Å². The van der Waals surface area contributed by atoms with Crippen molar-refractivity contribution in [2.24, 2.45) is 0 Å². The Kier molecular flexibility index (Phi) is 6.66. The summed E-state index contributed by atoms with van der Waals surface area (Å²) >= 11 is 1.05. The van der Waals surface area contributed by atoms with Crippen LogP contribution in [0.15, 0.2) is 59.6 Å². The Hall–Kier alpha value is -2.65. The van der Waals surface area contributed by atoms with Crippen LogP contribution >= 0.6 is 11.8 Å². The van der Waals surface area contributed by atoms with Gasteiger partial charge in [-0.2, -0.15) is 13.2 Å². The number of hydrogen-bond donors (Lipinski definition) is 0. The topological polar surface area (TPSA) is 49.3 Å². The highest BCUT2D eigenvalue weighted by atomic mass is 32.2. The number of alkyl halides is 3. The zero-order chi connectivity index (χ0) is 22.7. The van der Waals surface area contributed by atoms with Crippen LogP contribution in [0.4, 0.5) is 13.2 Å². The predicted molar refractivity (Wildman–Crippen MR) is 118 cm³/mol. The van der Waals surface area contributed by atoms with E-state index < -0.39 is 17.3 Å². The van der Waals surface area contributed by atoms with Crippen molar-refractivity contribution >= 4 is 28.6 Å². The number of rotatable bonds is 5. The summed E-state index contributed by atoms with van der Waals surface area (Å²) in [4.78, 5) is 24.5. The van der Waals surface area contributed by atoms with E-state index in [0.717, 1.165) is 31.4 Å². The van der Waals surface area contributed by atoms with Crippen LogP contribution in [0.1, 0.15) is 18.3 Å². The van der Waals surface area contributed by atoms with E-state index in [-0.39, 0.29) is 16.4 Å². The molecule has 0 spiro atoms. The van der Waals surface area contributed by atoms with E-state index >= 15 is 0 Å². The zero-order valence-electron chi connectivity index (χ0n) is 17.5. The second-order valence-corrected chi connectivity index (χ2v) is 9.04. The van der Waals surface area contributed by atoms with Gasteiger partial charge in [0.15, 0.2) is 0 Å². The molecule has 3 aromatic rings. The molecule has 0 N–H and O–H groups in total. The highest BCUT2D eigenvalue weighted by Crippen LogP contribution is 2.34. The average molecular weight is 461 g/mol. The molecule has 1 aliphatic rings. The largest absolute Gasteiger partial charge is 0.451 e. The number of thioether (sulfide) groups is 1. The number of carbonyl (C=O) groups excluding carboxylic acids is 1. The number of nitrogens with zero attached hydrogens (tertiary/aromatic N) is 4. The van der Waals surface area contributed by atoms with E-state index in [1.54, 1.807) is 30.0 Å². The van der Waals surface area contributed by atoms with E-state index in [1.165, 1.54) is 11.6 Å². The molecule has 2 aromatic carbocycles. The lowest BCUT2D eigenvalue weighted by molar-refractivity contribution is -0.145. The lowest BCUT2D eigenvalue weighted by Gasteiger charge is -2.35. The molecule has 1 atom stereocenters. The lowest BCUT2D eigenvalue weighted by atomic mass is 10.2. The third-order valence-corrected chi connectivity index (χ3v) is 6.48. The number of aromatic nitrogens is 2. The second kappa shape index (κ2) is 9.46. The summed E-state index contributed by atoms with van der Waals surface area (Å²) in [6, 6.07) is 16.7. The molecule has 9 heteroatoms. The first-order valence-electron chi connectivity index (χ1n) is 10.4. The van der Waals surface area contributed by atoms with Crippen molar-refractivity contribution in [1.82, 2.24) is 19.8 Å². The van der Waals surface area contributed by atoms with Gasteiger partial charge in [0.2, 0.25) is 11.7 Å². The van der Waals surface area contributed by atoms with E-state index in [4.69, 9.17) is 0 Å². The van der Waals surface area contributed by atoms with Gasteiger partial charge in [-0.05, 0) is 18.6 Å². The van der Waals surface area contributed by atoms with Crippen molar-refractivity contribution in [3.63, 3.8) is 0 Å². The summed E-state index contributed by atoms with van der Waals surface area (Å²) in [5.74, 6) is -1.28. The first-order valence-corrected chi connectivity index (χ1v) is 11.2. The van der Waals surface area contributed by atoms with Crippen LogP contribution in [0.25, 0.3) is 10.9 Å². The lowest BCUT2D eigenvalue weighted by Crippen LogP contribution is -2.50. The highest BCUT2D eigenvalue weighted by molar-refractivity contribution is 8.00. The zero-order valence-corrected chi connectivity index (χ0v) is 18.4. The molecular formula is C23H23F3N4OS. The average Bonchev–Trinajstić information content (AvgIpc) is 2.79. The molecule has 2 heterocycles. The van der Waals surface area contributed by atoms with E-state index in [2.05, 4.69) is 27.0 Å². The molecule has 0 aliphatic carbocycles. The maximum absolute atomic E-state index is 13.3. The van der Waals surface area contributed by atoms with Crippen LogP contribution in [0.5, 0.6) is 0 Å². The maximum Gasteiger partial charge on any atom is 0.451 e. The van der Waals surface area contributed by atoms with Gasteiger partial charge in [-0.15, -0.1) is 0 Å². The number of hydrogen-bond acceptors (Lipinski definition) is 5. The SMILES string of the molecule is C[C@H](Sc1nc(C(F)(F)F)nc2ccccc12)C(=O)N1CCN(Cc2ccccc2)CC1. The number of halogens is 3. The van der Waals surface area contributed by atoms with Gasteiger partial charge >= 0.3 is 6.18 Å². The molecule has 0 bridgehead atoms. The summed E-state index contributed by atoms with van der Waals surface area (Å²) in [5.41, 5.74) is 1.44. The van der Waals surface area contributed by atoms with Crippen molar-refractivity contribution in [3.05, 3.63) is 66.0 Å². The Balaban J connectivity index is 1.42. The minimum absolute atomic E-state index is 0.0920. The van der Waals surface area contributed by atoms with Crippen molar-refractivity contribution in [3.8, 4) is 0 Å². The summed E-state index contributed by atoms with van der Waals surface area (Å²) in [5, 5.41) is 0.124. The Morgan fingerprint density at radius 2 is 1.66 bits per heavy atom. The van der Waals surface area contributed by atoms with Crippen LogP contribution in [0.3, 0.4) is 0 Å². The smallest absolute Gasteiger partial charge is 0.339 e. The second-order valence-electron chi connectivity index (χ2n) is 7.71. The number of fused-ring (bicyclic) bond motifs is 1. The fourth-order valence-electron chi connectivity index (χ4n) is 3.71.